The number of ketones is 1. The number of aliphatic hydroxyl groups is 1. The molecule has 0 aliphatic carbocycles. The molecule has 1 unspecified atom stereocenters. The van der Waals surface area contributed by atoms with E-state index in [-0.39, 0.29) is 23.6 Å². The molecule has 2 aliphatic rings. The van der Waals surface area contributed by atoms with Crippen LogP contribution in [0.5, 0.6) is 17.2 Å². The maximum absolute atomic E-state index is 13.1. The number of esters is 1. The molecule has 0 saturated carbocycles. The fourth-order valence-electron chi connectivity index (χ4n) is 4.03. The molecule has 0 bridgehead atoms. The number of likely N-dealkylation sites (tertiary alicyclic amines) is 1. The van der Waals surface area contributed by atoms with Crippen LogP contribution in [-0.2, 0) is 14.4 Å². The maximum Gasteiger partial charge on any atom is 0.308 e. The number of amides is 1. The quantitative estimate of drug-likeness (QED) is 0.227. The molecule has 2 heterocycles. The first-order valence-corrected chi connectivity index (χ1v) is 10.9. The van der Waals surface area contributed by atoms with Crippen LogP contribution in [0.15, 0.2) is 48.0 Å². The predicted molar refractivity (Wildman–Crippen MR) is 123 cm³/mol. The Labute approximate surface area is 197 Å². The minimum Gasteiger partial charge on any atom is -0.507 e. The summed E-state index contributed by atoms with van der Waals surface area (Å²) < 4.78 is 16.3. The van der Waals surface area contributed by atoms with E-state index in [1.807, 2.05) is 19.0 Å². The van der Waals surface area contributed by atoms with Crippen molar-refractivity contribution in [3.8, 4) is 17.2 Å². The van der Waals surface area contributed by atoms with Crippen molar-refractivity contribution in [2.75, 3.05) is 40.4 Å². The predicted octanol–water partition coefficient (Wildman–Crippen LogP) is 2.37. The van der Waals surface area contributed by atoms with Crippen molar-refractivity contribution in [3.05, 3.63) is 59.2 Å². The van der Waals surface area contributed by atoms with E-state index < -0.39 is 23.7 Å². The number of hydrogen-bond acceptors (Lipinski definition) is 8. The van der Waals surface area contributed by atoms with E-state index in [2.05, 4.69) is 0 Å². The maximum atomic E-state index is 13.1. The lowest BCUT2D eigenvalue weighted by Crippen LogP contribution is -2.35. The van der Waals surface area contributed by atoms with Crippen LogP contribution in [0, 0.1) is 0 Å². The van der Waals surface area contributed by atoms with E-state index in [0.717, 1.165) is 0 Å². The molecule has 2 aromatic rings. The second-order valence-corrected chi connectivity index (χ2v) is 8.32. The molecule has 178 valence electrons. The van der Waals surface area contributed by atoms with Crippen LogP contribution >= 0.6 is 0 Å². The summed E-state index contributed by atoms with van der Waals surface area (Å²) in [5.74, 6) is -1.02. The minimum atomic E-state index is -0.858. The Morgan fingerprint density at radius 2 is 1.85 bits per heavy atom. The zero-order valence-corrected chi connectivity index (χ0v) is 19.2. The lowest BCUT2D eigenvalue weighted by Gasteiger charge is -2.27. The van der Waals surface area contributed by atoms with Crippen molar-refractivity contribution in [2.45, 2.75) is 13.0 Å². The van der Waals surface area contributed by atoms with Crippen molar-refractivity contribution in [1.29, 1.82) is 0 Å². The topological polar surface area (TPSA) is 106 Å². The largest absolute Gasteiger partial charge is 0.507 e. The Bertz CT molecular complexity index is 1170. The Balaban J connectivity index is 1.82. The highest BCUT2D eigenvalue weighted by Crippen LogP contribution is 2.41. The smallest absolute Gasteiger partial charge is 0.308 e. The number of fused-ring (bicyclic) bond motifs is 1. The summed E-state index contributed by atoms with van der Waals surface area (Å²) in [6.07, 6.45) is 0. The van der Waals surface area contributed by atoms with Crippen molar-refractivity contribution in [2.24, 2.45) is 0 Å². The van der Waals surface area contributed by atoms with Crippen molar-refractivity contribution in [1.82, 2.24) is 9.80 Å². The van der Waals surface area contributed by atoms with Gasteiger partial charge >= 0.3 is 5.97 Å². The number of hydrogen-bond donors (Lipinski definition) is 1. The first kappa shape index (κ1) is 23.3. The molecule has 1 amide bonds. The van der Waals surface area contributed by atoms with Gasteiger partial charge in [0, 0.05) is 25.6 Å². The van der Waals surface area contributed by atoms with Crippen molar-refractivity contribution < 1.29 is 33.7 Å². The van der Waals surface area contributed by atoms with Gasteiger partial charge in [-0.15, -0.1) is 0 Å². The van der Waals surface area contributed by atoms with E-state index in [4.69, 9.17) is 14.2 Å². The summed E-state index contributed by atoms with van der Waals surface area (Å²) >= 11 is 0. The molecule has 0 radical (unpaired) electrons. The number of Topliss-reactive ketones (excluding diaryl/α,β-unsaturated/α-hetero) is 1. The number of rotatable bonds is 6. The van der Waals surface area contributed by atoms with E-state index >= 15 is 0 Å². The van der Waals surface area contributed by atoms with E-state index in [1.165, 1.54) is 11.8 Å². The first-order valence-electron chi connectivity index (χ1n) is 10.9. The van der Waals surface area contributed by atoms with Gasteiger partial charge in [-0.3, -0.25) is 14.4 Å². The molecular formula is C25H26N2O7. The number of carbonyl (C=O) groups is 3. The molecule has 2 aromatic carbocycles. The Kier molecular flexibility index (Phi) is 6.56. The molecule has 1 saturated heterocycles. The second kappa shape index (κ2) is 9.56. The summed E-state index contributed by atoms with van der Waals surface area (Å²) in [4.78, 5) is 40.9. The molecule has 4 rings (SSSR count). The zero-order valence-electron chi connectivity index (χ0n) is 19.2. The third-order valence-corrected chi connectivity index (χ3v) is 5.58. The highest BCUT2D eigenvalue weighted by molar-refractivity contribution is 6.46. The Morgan fingerprint density at radius 1 is 1.12 bits per heavy atom. The van der Waals surface area contributed by atoms with Gasteiger partial charge < -0.3 is 29.1 Å². The lowest BCUT2D eigenvalue weighted by atomic mass is 9.95. The highest BCUT2D eigenvalue weighted by Gasteiger charge is 2.46. The summed E-state index contributed by atoms with van der Waals surface area (Å²) in [7, 11) is 3.73. The average molecular weight is 466 g/mol. The zero-order chi connectivity index (χ0) is 24.4. The van der Waals surface area contributed by atoms with Crippen LogP contribution < -0.4 is 14.2 Å². The van der Waals surface area contributed by atoms with Gasteiger partial charge in [-0.1, -0.05) is 12.1 Å². The van der Waals surface area contributed by atoms with Gasteiger partial charge in [0.25, 0.3) is 11.7 Å². The molecule has 1 N–H and O–H groups in total. The summed E-state index contributed by atoms with van der Waals surface area (Å²) in [5, 5.41) is 11.2. The number of nitrogens with zero attached hydrogens (tertiary/aromatic N) is 2. The molecule has 0 spiro atoms. The molecule has 9 nitrogen and oxygen atoms in total. The summed E-state index contributed by atoms with van der Waals surface area (Å²) in [6.45, 7) is 2.86. The molecular weight excluding hydrogens is 440 g/mol. The van der Waals surface area contributed by atoms with Gasteiger partial charge in [0.05, 0.1) is 11.6 Å². The standard InChI is InChI=1S/C25H26N2O7/c1-15(28)34-18-6-4-5-16(13-18)22-21(24(30)25(31)27(22)10-9-26(2)3)23(29)17-7-8-19-20(14-17)33-12-11-32-19/h4-8,13-14,22,29H,9-12H2,1-3H3/b23-21-. The van der Waals surface area contributed by atoms with Gasteiger partial charge in [0.2, 0.25) is 0 Å². The number of likely N-dealkylation sites (N-methyl/N-ethyl adjacent to an activating group) is 1. The van der Waals surface area contributed by atoms with Crippen molar-refractivity contribution in [3.63, 3.8) is 0 Å². The molecule has 9 heteroatoms. The van der Waals surface area contributed by atoms with E-state index in [0.29, 0.717) is 42.4 Å². The van der Waals surface area contributed by atoms with Gasteiger partial charge in [-0.25, -0.2) is 0 Å². The van der Waals surface area contributed by atoms with Gasteiger partial charge in [0.15, 0.2) is 11.5 Å². The minimum absolute atomic E-state index is 0.0413. The van der Waals surface area contributed by atoms with Crippen LogP contribution in [0.4, 0.5) is 0 Å². The third-order valence-electron chi connectivity index (χ3n) is 5.58. The lowest BCUT2D eigenvalue weighted by molar-refractivity contribution is -0.140. The first-order chi connectivity index (χ1) is 16.3. The Morgan fingerprint density at radius 3 is 2.56 bits per heavy atom. The number of aliphatic hydroxyl groups excluding tert-OH is 1. The van der Waals surface area contributed by atoms with Gasteiger partial charge in [-0.2, -0.15) is 0 Å². The van der Waals surface area contributed by atoms with Gasteiger partial charge in [0.1, 0.15) is 24.7 Å². The van der Waals surface area contributed by atoms with Crippen LogP contribution in [-0.4, -0.2) is 73.0 Å². The van der Waals surface area contributed by atoms with Crippen LogP contribution in [0.2, 0.25) is 0 Å². The van der Waals surface area contributed by atoms with E-state index in [9.17, 15) is 19.5 Å². The fraction of sp³-hybridized carbons (Fsp3) is 0.320. The fourth-order valence-corrected chi connectivity index (χ4v) is 4.03. The van der Waals surface area contributed by atoms with Crippen LogP contribution in [0.3, 0.4) is 0 Å². The molecule has 34 heavy (non-hydrogen) atoms. The number of benzene rings is 2. The van der Waals surface area contributed by atoms with Crippen LogP contribution in [0.1, 0.15) is 24.1 Å². The highest BCUT2D eigenvalue weighted by atomic mass is 16.6. The average Bonchev–Trinajstić information content (AvgIpc) is 3.06. The van der Waals surface area contributed by atoms with Crippen molar-refractivity contribution >= 4 is 23.4 Å². The third kappa shape index (κ3) is 4.60. The molecule has 1 atom stereocenters. The second-order valence-electron chi connectivity index (χ2n) is 8.32. The molecule has 1 fully saturated rings. The molecule has 2 aliphatic heterocycles. The number of ether oxygens (including phenoxy) is 3. The van der Waals surface area contributed by atoms with Crippen LogP contribution in [0.25, 0.3) is 5.76 Å². The van der Waals surface area contributed by atoms with Gasteiger partial charge in [-0.05, 0) is 50.0 Å². The summed E-state index contributed by atoms with van der Waals surface area (Å²) in [6, 6.07) is 10.6. The Hall–Kier alpha value is -3.85. The monoisotopic (exact) mass is 466 g/mol. The number of carbonyl (C=O) groups excluding carboxylic acids is 3. The molecule has 0 aromatic heterocycles. The SMILES string of the molecule is CC(=O)Oc1cccc(C2/C(=C(/O)c3ccc4c(c3)OCCO4)C(=O)C(=O)N2CCN(C)C)c1. The normalized spacial score (nSPS) is 18.9. The summed E-state index contributed by atoms with van der Waals surface area (Å²) in [5.41, 5.74) is 0.826. The van der Waals surface area contributed by atoms with E-state index in [1.54, 1.807) is 42.5 Å².